The molecule has 1 aliphatic heterocycles. The molecule has 1 nitrogen and oxygen atoms in total. The number of hydrogen-bond donors (Lipinski definition) is 1. The quantitative estimate of drug-likeness (QED) is 0.661. The zero-order chi connectivity index (χ0) is 6.97. The molecule has 1 heterocycles. The summed E-state index contributed by atoms with van der Waals surface area (Å²) in [6, 6.07) is 9.33. The maximum absolute atomic E-state index is 3.51. The summed E-state index contributed by atoms with van der Waals surface area (Å²) in [5, 5.41) is 0. The van der Waals surface area contributed by atoms with Crippen molar-refractivity contribution in [1.29, 1.82) is 0 Å². The van der Waals surface area contributed by atoms with Crippen LogP contribution in [0.3, 0.4) is 0 Å². The van der Waals surface area contributed by atoms with E-state index < -0.39 is 0 Å². The van der Waals surface area contributed by atoms with Gasteiger partial charge in [0, 0.05) is 0 Å². The molecule has 2 rings (SSSR count). The first-order valence-corrected chi connectivity index (χ1v) is 5.72. The Hall–Kier alpha value is -0.0304. The summed E-state index contributed by atoms with van der Waals surface area (Å²) in [6.45, 7) is 2.23. The monoisotopic (exact) mass is 249 g/mol. The Kier molecular flexibility index (Phi) is 1.69. The number of benzene rings is 1. The van der Waals surface area contributed by atoms with E-state index in [9.17, 15) is 0 Å². The van der Waals surface area contributed by atoms with Crippen LogP contribution in [-0.2, 0) is 0 Å². The van der Waals surface area contributed by atoms with E-state index in [4.69, 9.17) is 0 Å². The van der Waals surface area contributed by atoms with Gasteiger partial charge in [0.05, 0.1) is 0 Å². The number of nitrogens with one attached hydrogen (secondary N) is 1. The first kappa shape index (κ1) is 6.67. The van der Waals surface area contributed by atoms with Crippen LogP contribution in [0.1, 0.15) is 18.5 Å². The van der Waals surface area contributed by atoms with Crippen molar-refractivity contribution in [3.63, 3.8) is 0 Å². The molecule has 0 saturated carbocycles. The average Bonchev–Trinajstić information content (AvgIpc) is 2.34. The molecule has 1 atom stereocenters. The van der Waals surface area contributed by atoms with Crippen molar-refractivity contribution < 1.29 is 0 Å². The molecule has 1 N–H and O–H groups in total. The topological polar surface area (TPSA) is 12.0 Å². The Balaban J connectivity index is 2.51. The van der Waals surface area contributed by atoms with Gasteiger partial charge in [-0.15, -0.1) is 0 Å². The van der Waals surface area contributed by atoms with Crippen molar-refractivity contribution in [2.24, 2.45) is 0 Å². The van der Waals surface area contributed by atoms with Crippen molar-refractivity contribution in [2.75, 3.05) is 0 Å². The Morgan fingerprint density at radius 1 is 1.40 bits per heavy atom. The predicted octanol–water partition coefficient (Wildman–Crippen LogP) is 0.595. The van der Waals surface area contributed by atoms with Crippen LogP contribution < -0.4 is 7.18 Å². The van der Waals surface area contributed by atoms with Crippen LogP contribution >= 0.6 is 0 Å². The molecule has 0 aromatic heterocycles. The van der Waals surface area contributed by atoms with E-state index in [-0.39, 0.29) is 21.2 Å². The van der Waals surface area contributed by atoms with Gasteiger partial charge in [0.25, 0.3) is 0 Å². The molecule has 0 aliphatic carbocycles. The Morgan fingerprint density at radius 3 is 3.00 bits per heavy atom. The summed E-state index contributed by atoms with van der Waals surface area (Å²) in [5.41, 5.74) is 1.52. The van der Waals surface area contributed by atoms with Crippen molar-refractivity contribution in [3.8, 4) is 0 Å². The molecule has 1 aromatic rings. The Labute approximate surface area is 71.3 Å². The molecule has 1 unspecified atom stereocenters. The van der Waals surface area contributed by atoms with E-state index in [1.54, 1.807) is 3.61 Å². The van der Waals surface area contributed by atoms with Gasteiger partial charge in [-0.2, -0.15) is 0 Å². The third-order valence-corrected chi connectivity index (χ3v) is 4.77. The summed E-state index contributed by atoms with van der Waals surface area (Å²) < 4.78 is 5.10. The molecule has 10 heavy (non-hydrogen) atoms. The zero-order valence-electron chi connectivity index (χ0n) is 5.79. The van der Waals surface area contributed by atoms with Gasteiger partial charge >= 0.3 is 71.2 Å². The zero-order valence-corrected chi connectivity index (χ0v) is 8.13. The van der Waals surface area contributed by atoms with Crippen LogP contribution in [0.2, 0.25) is 0 Å². The van der Waals surface area contributed by atoms with Crippen molar-refractivity contribution in [2.45, 2.75) is 13.0 Å². The second kappa shape index (κ2) is 2.54. The molecule has 1 aromatic carbocycles. The van der Waals surface area contributed by atoms with E-state index in [1.165, 1.54) is 5.56 Å². The molecule has 2 heteroatoms. The molecule has 0 amide bonds. The molecule has 52 valence electrons. The Bertz CT molecular complexity index is 247. The van der Waals surface area contributed by atoms with Crippen LogP contribution in [0, 0.1) is 0 Å². The van der Waals surface area contributed by atoms with E-state index in [2.05, 4.69) is 34.8 Å². The average molecular weight is 247 g/mol. The molecular weight excluding hydrogens is 238 g/mol. The van der Waals surface area contributed by atoms with Gasteiger partial charge in [0.15, 0.2) is 0 Å². The van der Waals surface area contributed by atoms with Gasteiger partial charge in [-0.3, -0.25) is 0 Å². The molecule has 0 saturated heterocycles. The molecular formula is C8H9NTe. The summed E-state index contributed by atoms with van der Waals surface area (Å²) >= 11 is -0.0326. The van der Waals surface area contributed by atoms with E-state index >= 15 is 0 Å². The summed E-state index contributed by atoms with van der Waals surface area (Å²) in [5.74, 6) is 0. The molecule has 0 radical (unpaired) electrons. The van der Waals surface area contributed by atoms with Gasteiger partial charge in [-0.05, 0) is 0 Å². The predicted molar refractivity (Wildman–Crippen MR) is 43.4 cm³/mol. The van der Waals surface area contributed by atoms with Crippen molar-refractivity contribution in [1.82, 2.24) is 3.57 Å². The minimum atomic E-state index is -0.0326. The summed E-state index contributed by atoms with van der Waals surface area (Å²) in [7, 11) is 0. The second-order valence-corrected chi connectivity index (χ2v) is 4.99. The first-order chi connectivity index (χ1) is 4.88. The number of fused-ring (bicyclic) bond motifs is 1. The fourth-order valence-corrected chi connectivity index (χ4v) is 3.83. The molecule has 0 bridgehead atoms. The van der Waals surface area contributed by atoms with Gasteiger partial charge in [-0.25, -0.2) is 0 Å². The second-order valence-electron chi connectivity index (χ2n) is 2.48. The molecule has 0 fully saturated rings. The number of rotatable bonds is 0. The van der Waals surface area contributed by atoms with Crippen LogP contribution in [0.25, 0.3) is 0 Å². The fourth-order valence-electron chi connectivity index (χ4n) is 1.15. The van der Waals surface area contributed by atoms with Crippen LogP contribution in [-0.4, -0.2) is 21.2 Å². The summed E-state index contributed by atoms with van der Waals surface area (Å²) in [6.07, 6.45) is 0. The molecule has 1 aliphatic rings. The van der Waals surface area contributed by atoms with Crippen molar-refractivity contribution in [3.05, 3.63) is 29.8 Å². The van der Waals surface area contributed by atoms with Crippen molar-refractivity contribution >= 4 is 24.8 Å². The number of hydrogen-bond acceptors (Lipinski definition) is 1. The minimum absolute atomic E-state index is 0.0326. The van der Waals surface area contributed by atoms with Crippen LogP contribution in [0.5, 0.6) is 0 Å². The Morgan fingerprint density at radius 2 is 2.20 bits per heavy atom. The van der Waals surface area contributed by atoms with Crippen LogP contribution in [0.4, 0.5) is 0 Å². The van der Waals surface area contributed by atoms with Gasteiger partial charge < -0.3 is 0 Å². The van der Waals surface area contributed by atoms with Crippen LogP contribution in [0.15, 0.2) is 24.3 Å². The van der Waals surface area contributed by atoms with E-state index in [0.717, 1.165) is 0 Å². The van der Waals surface area contributed by atoms with E-state index in [1.807, 2.05) is 0 Å². The normalized spacial score (nSPS) is 22.7. The third-order valence-electron chi connectivity index (χ3n) is 1.73. The third kappa shape index (κ3) is 0.971. The van der Waals surface area contributed by atoms with Gasteiger partial charge in [0.2, 0.25) is 0 Å². The summed E-state index contributed by atoms with van der Waals surface area (Å²) in [4.78, 5) is 0. The van der Waals surface area contributed by atoms with Gasteiger partial charge in [0.1, 0.15) is 0 Å². The standard InChI is InChI=1S/C8H9NTe/c1-6-7-4-2-3-5-8(7)10-9-6/h2-6,9H,1H3. The molecule has 0 spiro atoms. The first-order valence-electron chi connectivity index (χ1n) is 3.39. The van der Waals surface area contributed by atoms with E-state index in [0.29, 0.717) is 6.04 Å². The maximum atomic E-state index is 3.51. The van der Waals surface area contributed by atoms with Gasteiger partial charge in [-0.1, -0.05) is 0 Å². The SMILES string of the molecule is CC1N[Te]c2ccccc21. The fraction of sp³-hybridized carbons (Fsp3) is 0.250.